The molecule has 2 N–H and O–H groups in total. The highest BCUT2D eigenvalue weighted by Gasteiger charge is 2.29. The van der Waals surface area contributed by atoms with Gasteiger partial charge in [0.15, 0.2) is 6.61 Å². The van der Waals surface area contributed by atoms with Crippen molar-refractivity contribution < 1.29 is 31.2 Å². The predicted molar refractivity (Wildman–Crippen MR) is 140 cm³/mol. The summed E-state index contributed by atoms with van der Waals surface area (Å²) in [4.78, 5) is 29.1. The number of nitrogens with one attached hydrogen (secondary N) is 2. The summed E-state index contributed by atoms with van der Waals surface area (Å²) in [5.41, 5.74) is 0.211. The van der Waals surface area contributed by atoms with E-state index in [1.807, 2.05) is 0 Å². The predicted octanol–water partition coefficient (Wildman–Crippen LogP) is 1.44. The van der Waals surface area contributed by atoms with Crippen LogP contribution in [0.2, 0.25) is 5.02 Å². The fourth-order valence-corrected chi connectivity index (χ4v) is 5.97. The number of nitrogens with zero attached hydrogens (tertiary/aromatic N) is 2. The summed E-state index contributed by atoms with van der Waals surface area (Å²) in [6.07, 6.45) is 1.80. The van der Waals surface area contributed by atoms with Crippen LogP contribution in [0.5, 0.6) is 5.75 Å². The maximum atomic E-state index is 13.2. The highest BCUT2D eigenvalue weighted by atomic mass is 35.5. The molecule has 2 heterocycles. The first-order valence-corrected chi connectivity index (χ1v) is 15.2. The van der Waals surface area contributed by atoms with Crippen molar-refractivity contribution in [1.82, 2.24) is 19.2 Å². The van der Waals surface area contributed by atoms with Gasteiger partial charge in [-0.3, -0.25) is 9.59 Å². The van der Waals surface area contributed by atoms with Gasteiger partial charge in [0.2, 0.25) is 20.0 Å². The molecular formula is C23H31ClN4O7S2. The number of hydrogen-bond acceptors (Lipinski definition) is 7. The van der Waals surface area contributed by atoms with Crippen molar-refractivity contribution in [2.45, 2.75) is 37.8 Å². The smallest absolute Gasteiger partial charge is 0.260 e. The number of carbonyl (C=O) groups is 2. The van der Waals surface area contributed by atoms with Crippen LogP contribution in [0.1, 0.15) is 36.0 Å². The van der Waals surface area contributed by atoms with Crippen molar-refractivity contribution in [3.63, 3.8) is 0 Å². The molecule has 37 heavy (non-hydrogen) atoms. The maximum Gasteiger partial charge on any atom is 0.260 e. The topological polar surface area (TPSA) is 142 Å². The molecule has 0 bridgehead atoms. The van der Waals surface area contributed by atoms with Crippen LogP contribution in [-0.4, -0.2) is 83.3 Å². The molecule has 204 valence electrons. The van der Waals surface area contributed by atoms with Crippen molar-refractivity contribution in [2.75, 3.05) is 32.8 Å². The Kier molecular flexibility index (Phi) is 9.75. The average Bonchev–Trinajstić information content (AvgIpc) is 2.88. The molecule has 1 aromatic carbocycles. The maximum absolute atomic E-state index is 13.2. The van der Waals surface area contributed by atoms with Crippen molar-refractivity contribution in [2.24, 2.45) is 0 Å². The number of benzene rings is 1. The second kappa shape index (κ2) is 12.4. The molecule has 2 fully saturated rings. The van der Waals surface area contributed by atoms with Gasteiger partial charge >= 0.3 is 0 Å². The normalized spacial score (nSPS) is 17.9. The molecule has 2 aliphatic rings. The van der Waals surface area contributed by atoms with E-state index in [0.29, 0.717) is 56.9 Å². The summed E-state index contributed by atoms with van der Waals surface area (Å²) in [6, 6.07) is 4.00. The van der Waals surface area contributed by atoms with Crippen LogP contribution in [0.15, 0.2) is 42.2 Å². The Morgan fingerprint density at radius 2 is 1.41 bits per heavy atom. The second-order valence-corrected chi connectivity index (χ2v) is 12.6. The molecule has 11 nitrogen and oxygen atoms in total. The summed E-state index contributed by atoms with van der Waals surface area (Å²) in [7, 11) is -7.09. The highest BCUT2D eigenvalue weighted by molar-refractivity contribution is 7.92. The quantitative estimate of drug-likeness (QED) is 0.430. The lowest BCUT2D eigenvalue weighted by Crippen LogP contribution is -2.47. The molecule has 2 aliphatic heterocycles. The van der Waals surface area contributed by atoms with E-state index in [9.17, 15) is 26.4 Å². The summed E-state index contributed by atoms with van der Waals surface area (Å²) >= 11 is 6.12. The third-order valence-electron chi connectivity index (χ3n) is 6.25. The Balaban J connectivity index is 1.56. The largest absolute Gasteiger partial charge is 0.483 e. The molecule has 1 aromatic rings. The Hall–Kier alpha value is -2.45. The molecule has 0 aromatic heterocycles. The van der Waals surface area contributed by atoms with E-state index in [1.54, 1.807) is 15.9 Å². The number of likely N-dealkylation sites (tertiary alicyclic amines) is 2. The first-order chi connectivity index (χ1) is 17.4. The van der Waals surface area contributed by atoms with Gasteiger partial charge in [0, 0.05) is 54.1 Å². The number of rotatable bonds is 10. The molecule has 0 atom stereocenters. The summed E-state index contributed by atoms with van der Waals surface area (Å²) in [5.74, 6) is -0.398. The van der Waals surface area contributed by atoms with Gasteiger partial charge in [-0.15, -0.1) is 0 Å². The standard InChI is InChI=1S/C23H31ClN4O7S2/c1-3-36(31,32)25-18-7-11-27(12-8-18)22(29)16-35-21-6-5-17(24)15-20(21)23(30)28-13-9-19(10-14-28)26-37(33,34)4-2/h3-6,15,18-19,25-26H,1-2,7-14,16H2. The first-order valence-electron chi connectivity index (χ1n) is 11.7. The number of carbonyl (C=O) groups excluding carboxylic acids is 2. The number of sulfonamides is 2. The summed E-state index contributed by atoms with van der Waals surface area (Å²) in [5, 5.41) is 2.05. The fraction of sp³-hybridized carbons (Fsp3) is 0.478. The Morgan fingerprint density at radius 3 is 1.89 bits per heavy atom. The van der Waals surface area contributed by atoms with E-state index in [4.69, 9.17) is 16.3 Å². The fourth-order valence-electron chi connectivity index (χ4n) is 4.20. The zero-order valence-electron chi connectivity index (χ0n) is 20.3. The van der Waals surface area contributed by atoms with Crippen LogP contribution in [0, 0.1) is 0 Å². The molecule has 3 rings (SSSR count). The van der Waals surface area contributed by atoms with Gasteiger partial charge in [0.25, 0.3) is 11.8 Å². The zero-order valence-corrected chi connectivity index (χ0v) is 22.7. The Labute approximate surface area is 222 Å². The van der Waals surface area contributed by atoms with Gasteiger partial charge in [0.1, 0.15) is 5.75 Å². The lowest BCUT2D eigenvalue weighted by atomic mass is 10.0. The minimum absolute atomic E-state index is 0.211. The summed E-state index contributed by atoms with van der Waals surface area (Å²) in [6.45, 7) is 7.65. The molecule has 0 saturated carbocycles. The number of piperidine rings is 2. The Bertz CT molecular complexity index is 1240. The SMILES string of the molecule is C=CS(=O)(=O)NC1CCN(C(=O)COc2ccc(Cl)cc2C(=O)N2CCC(NS(=O)(=O)C=C)CC2)CC1. The third kappa shape index (κ3) is 8.27. The van der Waals surface area contributed by atoms with E-state index >= 15 is 0 Å². The van der Waals surface area contributed by atoms with Crippen LogP contribution in [0.3, 0.4) is 0 Å². The molecular weight excluding hydrogens is 544 g/mol. The van der Waals surface area contributed by atoms with Crippen LogP contribution >= 0.6 is 11.6 Å². The summed E-state index contributed by atoms with van der Waals surface area (Å²) < 4.78 is 57.5. The average molecular weight is 575 g/mol. The molecule has 0 unspecified atom stereocenters. The van der Waals surface area contributed by atoms with Crippen molar-refractivity contribution in [3.8, 4) is 5.75 Å². The van der Waals surface area contributed by atoms with E-state index in [-0.39, 0.29) is 41.8 Å². The first kappa shape index (κ1) is 29.1. The molecule has 0 aliphatic carbocycles. The van der Waals surface area contributed by atoms with Crippen LogP contribution in [0.25, 0.3) is 0 Å². The van der Waals surface area contributed by atoms with E-state index in [0.717, 1.165) is 10.8 Å². The van der Waals surface area contributed by atoms with Crippen molar-refractivity contribution in [1.29, 1.82) is 0 Å². The second-order valence-electron chi connectivity index (χ2n) is 8.81. The zero-order chi connectivity index (χ0) is 27.2. The number of amides is 2. The van der Waals surface area contributed by atoms with E-state index in [1.165, 1.54) is 12.1 Å². The van der Waals surface area contributed by atoms with Gasteiger partial charge in [-0.1, -0.05) is 24.8 Å². The molecule has 2 saturated heterocycles. The van der Waals surface area contributed by atoms with Crippen LogP contribution in [0.4, 0.5) is 0 Å². The lowest BCUT2D eigenvalue weighted by Gasteiger charge is -2.33. The van der Waals surface area contributed by atoms with Crippen LogP contribution in [-0.2, 0) is 24.8 Å². The molecule has 14 heteroatoms. The number of hydrogen-bond donors (Lipinski definition) is 2. The van der Waals surface area contributed by atoms with Gasteiger partial charge in [-0.05, 0) is 43.9 Å². The monoisotopic (exact) mass is 574 g/mol. The van der Waals surface area contributed by atoms with Gasteiger partial charge in [-0.2, -0.15) is 0 Å². The van der Waals surface area contributed by atoms with E-state index < -0.39 is 20.0 Å². The van der Waals surface area contributed by atoms with Crippen molar-refractivity contribution in [3.05, 3.63) is 52.8 Å². The van der Waals surface area contributed by atoms with Crippen molar-refractivity contribution >= 4 is 43.5 Å². The number of halogens is 1. The highest BCUT2D eigenvalue weighted by Crippen LogP contribution is 2.26. The molecule has 0 radical (unpaired) electrons. The van der Waals surface area contributed by atoms with Gasteiger partial charge in [-0.25, -0.2) is 26.3 Å². The third-order valence-corrected chi connectivity index (χ3v) is 8.69. The minimum Gasteiger partial charge on any atom is -0.483 e. The molecule has 2 amide bonds. The van der Waals surface area contributed by atoms with Gasteiger partial charge in [0.05, 0.1) is 5.56 Å². The molecule has 0 spiro atoms. The van der Waals surface area contributed by atoms with Gasteiger partial charge < -0.3 is 14.5 Å². The Morgan fingerprint density at radius 1 is 0.919 bits per heavy atom. The number of ether oxygens (including phenoxy) is 1. The minimum atomic E-state index is -3.56. The lowest BCUT2D eigenvalue weighted by molar-refractivity contribution is -0.134. The van der Waals surface area contributed by atoms with E-state index in [2.05, 4.69) is 22.6 Å². The van der Waals surface area contributed by atoms with Crippen LogP contribution < -0.4 is 14.2 Å².